The highest BCUT2D eigenvalue weighted by atomic mass is 79.9. The van der Waals surface area contributed by atoms with Crippen molar-refractivity contribution in [1.29, 1.82) is 0 Å². The molecule has 0 saturated carbocycles. The van der Waals surface area contributed by atoms with Crippen molar-refractivity contribution >= 4 is 33.4 Å². The number of carbonyl (C=O) groups excluding carboxylic acids is 2. The van der Waals surface area contributed by atoms with Crippen LogP contribution in [0.25, 0.3) is 0 Å². The van der Waals surface area contributed by atoms with E-state index in [0.29, 0.717) is 17.7 Å². The summed E-state index contributed by atoms with van der Waals surface area (Å²) >= 11 is 3.38. The van der Waals surface area contributed by atoms with E-state index in [1.54, 1.807) is 12.1 Å². The van der Waals surface area contributed by atoms with E-state index in [1.807, 2.05) is 36.4 Å². The molecule has 1 aliphatic rings. The van der Waals surface area contributed by atoms with Crippen molar-refractivity contribution in [3.05, 3.63) is 64.1 Å². The van der Waals surface area contributed by atoms with Gasteiger partial charge < -0.3 is 10.6 Å². The Morgan fingerprint density at radius 1 is 1.14 bits per heavy atom. The van der Waals surface area contributed by atoms with Crippen molar-refractivity contribution < 1.29 is 9.59 Å². The van der Waals surface area contributed by atoms with Gasteiger partial charge in [-0.25, -0.2) is 0 Å². The molecule has 21 heavy (non-hydrogen) atoms. The topological polar surface area (TPSA) is 58.2 Å². The molecular formula is C16H13BrN2O2. The summed E-state index contributed by atoms with van der Waals surface area (Å²) in [5, 5.41) is 5.58. The van der Waals surface area contributed by atoms with Gasteiger partial charge in [-0.1, -0.05) is 30.3 Å². The van der Waals surface area contributed by atoms with Crippen molar-refractivity contribution in [3.8, 4) is 0 Å². The lowest BCUT2D eigenvalue weighted by Gasteiger charge is -2.25. The third-order valence-corrected chi connectivity index (χ3v) is 4.13. The molecule has 5 heteroatoms. The fourth-order valence-corrected chi connectivity index (χ4v) is 2.75. The molecule has 106 valence electrons. The molecule has 2 aromatic rings. The second-order valence-electron chi connectivity index (χ2n) is 4.86. The summed E-state index contributed by atoms with van der Waals surface area (Å²) in [4.78, 5) is 24.3. The van der Waals surface area contributed by atoms with Crippen molar-refractivity contribution in [2.45, 2.75) is 12.5 Å². The molecule has 0 spiro atoms. The van der Waals surface area contributed by atoms with E-state index in [4.69, 9.17) is 0 Å². The third-order valence-electron chi connectivity index (χ3n) is 3.44. The molecule has 2 N–H and O–H groups in total. The standard InChI is InChI=1S/C16H13BrN2O2/c17-12-7-3-4-8-13(12)18-16(21)14-9-10-5-1-2-6-11(10)15(20)19-14/h1-8,14H,9H2,(H,18,21)(H,19,20). The molecule has 3 rings (SSSR count). The fraction of sp³-hybridized carbons (Fsp3) is 0.125. The SMILES string of the molecule is O=C1NC(C(=O)Nc2ccccc2Br)Cc2ccccc21. The molecule has 0 saturated heterocycles. The minimum Gasteiger partial charge on any atom is -0.340 e. The first-order valence-electron chi connectivity index (χ1n) is 6.59. The molecule has 4 nitrogen and oxygen atoms in total. The number of halogens is 1. The van der Waals surface area contributed by atoms with E-state index >= 15 is 0 Å². The molecular weight excluding hydrogens is 332 g/mol. The highest BCUT2D eigenvalue weighted by Crippen LogP contribution is 2.22. The summed E-state index contributed by atoms with van der Waals surface area (Å²) in [6.07, 6.45) is 0.498. The Bertz CT molecular complexity index is 715. The molecule has 0 aromatic heterocycles. The van der Waals surface area contributed by atoms with Gasteiger partial charge in [0, 0.05) is 16.5 Å². The zero-order valence-electron chi connectivity index (χ0n) is 11.1. The van der Waals surface area contributed by atoms with Crippen molar-refractivity contribution in [2.24, 2.45) is 0 Å². The smallest absolute Gasteiger partial charge is 0.252 e. The van der Waals surface area contributed by atoms with Crippen LogP contribution in [0.5, 0.6) is 0 Å². The number of carbonyl (C=O) groups is 2. The van der Waals surface area contributed by atoms with Crippen molar-refractivity contribution in [3.63, 3.8) is 0 Å². The van der Waals surface area contributed by atoms with Gasteiger partial charge in [0.2, 0.25) is 5.91 Å². The first-order valence-corrected chi connectivity index (χ1v) is 7.38. The summed E-state index contributed by atoms with van der Waals surface area (Å²) in [7, 11) is 0. The molecule has 0 radical (unpaired) electrons. The first-order chi connectivity index (χ1) is 10.1. The van der Waals surface area contributed by atoms with Gasteiger partial charge in [0.05, 0.1) is 5.69 Å². The van der Waals surface area contributed by atoms with Gasteiger partial charge >= 0.3 is 0 Å². The number of anilines is 1. The first kappa shape index (κ1) is 13.8. The van der Waals surface area contributed by atoms with E-state index < -0.39 is 6.04 Å². The number of benzene rings is 2. The van der Waals surface area contributed by atoms with Crippen LogP contribution < -0.4 is 10.6 Å². The van der Waals surface area contributed by atoms with Crippen LogP contribution in [0.15, 0.2) is 53.0 Å². The molecule has 2 amide bonds. The second kappa shape index (κ2) is 5.69. The quantitative estimate of drug-likeness (QED) is 0.879. The predicted molar refractivity (Wildman–Crippen MR) is 84.2 cm³/mol. The van der Waals surface area contributed by atoms with Crippen LogP contribution >= 0.6 is 15.9 Å². The highest BCUT2D eigenvalue weighted by molar-refractivity contribution is 9.10. The van der Waals surface area contributed by atoms with E-state index in [1.165, 1.54) is 0 Å². The number of hydrogen-bond acceptors (Lipinski definition) is 2. The molecule has 2 aromatic carbocycles. The van der Waals surface area contributed by atoms with E-state index in [-0.39, 0.29) is 11.8 Å². The summed E-state index contributed by atoms with van der Waals surface area (Å²) in [6, 6.07) is 14.2. The third kappa shape index (κ3) is 2.83. The molecule has 1 aliphatic heterocycles. The maximum Gasteiger partial charge on any atom is 0.252 e. The Labute approximate surface area is 130 Å². The molecule has 0 bridgehead atoms. The normalized spacial score (nSPS) is 16.8. The number of hydrogen-bond donors (Lipinski definition) is 2. The van der Waals surface area contributed by atoms with Crippen molar-refractivity contribution in [2.75, 3.05) is 5.32 Å². The number of fused-ring (bicyclic) bond motifs is 1. The Balaban J connectivity index is 1.78. The molecule has 0 fully saturated rings. The lowest BCUT2D eigenvalue weighted by molar-refractivity contribution is -0.118. The van der Waals surface area contributed by atoms with Crippen LogP contribution in [-0.4, -0.2) is 17.9 Å². The lowest BCUT2D eigenvalue weighted by Crippen LogP contribution is -2.48. The van der Waals surface area contributed by atoms with Crippen LogP contribution in [0, 0.1) is 0 Å². The van der Waals surface area contributed by atoms with E-state index in [2.05, 4.69) is 26.6 Å². The van der Waals surface area contributed by atoms with Gasteiger partial charge in [-0.15, -0.1) is 0 Å². The summed E-state index contributed by atoms with van der Waals surface area (Å²) in [5.41, 5.74) is 2.23. The minimum absolute atomic E-state index is 0.205. The zero-order chi connectivity index (χ0) is 14.8. The largest absolute Gasteiger partial charge is 0.340 e. The average molecular weight is 345 g/mol. The van der Waals surface area contributed by atoms with Gasteiger partial charge in [0.15, 0.2) is 0 Å². The van der Waals surface area contributed by atoms with Gasteiger partial charge in [-0.3, -0.25) is 9.59 Å². The second-order valence-corrected chi connectivity index (χ2v) is 5.71. The summed E-state index contributed by atoms with van der Waals surface area (Å²) in [5.74, 6) is -0.422. The Morgan fingerprint density at radius 2 is 1.86 bits per heavy atom. The number of amides is 2. The fourth-order valence-electron chi connectivity index (χ4n) is 2.37. The van der Waals surface area contributed by atoms with Gasteiger partial charge in [0.25, 0.3) is 5.91 Å². The van der Waals surface area contributed by atoms with Crippen molar-refractivity contribution in [1.82, 2.24) is 5.32 Å². The van der Waals surface area contributed by atoms with E-state index in [9.17, 15) is 9.59 Å². The number of rotatable bonds is 2. The maximum absolute atomic E-state index is 12.3. The lowest BCUT2D eigenvalue weighted by atomic mass is 9.95. The molecule has 1 heterocycles. The van der Waals surface area contributed by atoms with Crippen LogP contribution in [0.2, 0.25) is 0 Å². The van der Waals surface area contributed by atoms with Crippen LogP contribution in [0.4, 0.5) is 5.69 Å². The molecule has 1 unspecified atom stereocenters. The monoisotopic (exact) mass is 344 g/mol. The summed E-state index contributed by atoms with van der Waals surface area (Å²) in [6.45, 7) is 0. The van der Waals surface area contributed by atoms with Crippen LogP contribution in [0.3, 0.4) is 0 Å². The average Bonchev–Trinajstić information content (AvgIpc) is 2.49. The summed E-state index contributed by atoms with van der Waals surface area (Å²) < 4.78 is 0.806. The van der Waals surface area contributed by atoms with Gasteiger partial charge in [-0.05, 0) is 39.7 Å². The molecule has 0 aliphatic carbocycles. The van der Waals surface area contributed by atoms with Crippen LogP contribution in [0.1, 0.15) is 15.9 Å². The zero-order valence-corrected chi connectivity index (χ0v) is 12.7. The number of para-hydroxylation sites is 1. The van der Waals surface area contributed by atoms with Gasteiger partial charge in [0.1, 0.15) is 6.04 Å². The Morgan fingerprint density at radius 3 is 2.67 bits per heavy atom. The minimum atomic E-state index is -0.556. The van der Waals surface area contributed by atoms with Crippen LogP contribution in [-0.2, 0) is 11.2 Å². The predicted octanol–water partition coefficient (Wildman–Crippen LogP) is 2.74. The maximum atomic E-state index is 12.3. The Kier molecular flexibility index (Phi) is 3.75. The van der Waals surface area contributed by atoms with E-state index in [0.717, 1.165) is 10.0 Å². The number of nitrogens with one attached hydrogen (secondary N) is 2. The van der Waals surface area contributed by atoms with Gasteiger partial charge in [-0.2, -0.15) is 0 Å². The Hall–Kier alpha value is -2.14. The highest BCUT2D eigenvalue weighted by Gasteiger charge is 2.28. The molecule has 1 atom stereocenters.